The summed E-state index contributed by atoms with van der Waals surface area (Å²) >= 11 is 3.30. The molecular weight excluding hydrogens is 321 g/mol. The minimum absolute atomic E-state index is 0.294. The summed E-state index contributed by atoms with van der Waals surface area (Å²) in [6, 6.07) is 7.31. The average Bonchev–Trinajstić information content (AvgIpc) is 3.18. The molecule has 1 fully saturated rings. The third kappa shape index (κ3) is 3.41. The van der Waals surface area contributed by atoms with Crippen molar-refractivity contribution in [2.45, 2.75) is 32.4 Å². The van der Waals surface area contributed by atoms with Crippen molar-refractivity contribution in [1.29, 1.82) is 0 Å². The van der Waals surface area contributed by atoms with Crippen molar-refractivity contribution in [2.24, 2.45) is 0 Å². The molecule has 1 aromatic carbocycles. The molecule has 1 N–H and O–H groups in total. The molecule has 5 heteroatoms. The quantitative estimate of drug-likeness (QED) is 0.927. The van der Waals surface area contributed by atoms with Crippen LogP contribution in [-0.4, -0.2) is 16.0 Å². The molecule has 1 aromatic heterocycles. The van der Waals surface area contributed by atoms with Crippen LogP contribution in [0.15, 0.2) is 28.7 Å². The van der Waals surface area contributed by atoms with Gasteiger partial charge >= 0.3 is 0 Å². The van der Waals surface area contributed by atoms with Crippen molar-refractivity contribution in [1.82, 2.24) is 15.3 Å². The third-order valence-electron chi connectivity index (χ3n) is 3.18. The molecule has 0 radical (unpaired) electrons. The van der Waals surface area contributed by atoms with E-state index in [0.29, 0.717) is 21.9 Å². The Morgan fingerprint density at radius 2 is 2.05 bits per heavy atom. The molecule has 0 bridgehead atoms. The summed E-state index contributed by atoms with van der Waals surface area (Å²) in [7, 11) is 0. The molecule has 3 nitrogen and oxygen atoms in total. The zero-order valence-electron chi connectivity index (χ0n) is 11.2. The molecule has 104 valence electrons. The summed E-state index contributed by atoms with van der Waals surface area (Å²) in [6.07, 6.45) is 2.49. The largest absolute Gasteiger partial charge is 0.308 e. The van der Waals surface area contributed by atoms with Gasteiger partial charge in [0, 0.05) is 28.3 Å². The Morgan fingerprint density at radius 1 is 1.25 bits per heavy atom. The molecule has 0 amide bonds. The van der Waals surface area contributed by atoms with Gasteiger partial charge in [-0.05, 0) is 44.0 Å². The van der Waals surface area contributed by atoms with E-state index in [2.05, 4.69) is 31.2 Å². The number of nitrogens with zero attached hydrogens (tertiary/aromatic N) is 2. The highest BCUT2D eigenvalue weighted by molar-refractivity contribution is 9.10. The fraction of sp³-hybridized carbons (Fsp3) is 0.333. The first kappa shape index (κ1) is 13.6. The van der Waals surface area contributed by atoms with Gasteiger partial charge in [-0.1, -0.05) is 15.9 Å². The second kappa shape index (κ2) is 5.58. The number of nitrogens with one attached hydrogen (secondary N) is 1. The molecule has 0 aliphatic heterocycles. The van der Waals surface area contributed by atoms with Gasteiger partial charge in [0.25, 0.3) is 0 Å². The highest BCUT2D eigenvalue weighted by Crippen LogP contribution is 2.23. The Hall–Kier alpha value is -1.33. The van der Waals surface area contributed by atoms with Crippen molar-refractivity contribution in [3.05, 3.63) is 45.9 Å². The summed E-state index contributed by atoms with van der Waals surface area (Å²) in [6.45, 7) is 2.66. The normalized spacial score (nSPS) is 14.6. The predicted octanol–water partition coefficient (Wildman–Crippen LogP) is 3.61. The molecule has 1 aliphatic carbocycles. The van der Waals surface area contributed by atoms with Crippen molar-refractivity contribution in [3.63, 3.8) is 0 Å². The molecule has 20 heavy (non-hydrogen) atoms. The van der Waals surface area contributed by atoms with Crippen LogP contribution in [0.1, 0.15) is 24.2 Å². The van der Waals surface area contributed by atoms with E-state index in [1.807, 2.05) is 19.1 Å². The Balaban J connectivity index is 1.90. The monoisotopic (exact) mass is 335 g/mol. The number of hydrogen-bond donors (Lipinski definition) is 1. The third-order valence-corrected chi connectivity index (χ3v) is 3.64. The van der Waals surface area contributed by atoms with E-state index in [1.54, 1.807) is 0 Å². The second-order valence-electron chi connectivity index (χ2n) is 5.14. The SMILES string of the molecule is Cc1cc(CNC2CC2)nc(-c2cc(F)cc(Br)c2)n1. The maximum absolute atomic E-state index is 13.5. The Labute approximate surface area is 125 Å². The van der Waals surface area contributed by atoms with E-state index in [-0.39, 0.29) is 5.82 Å². The lowest BCUT2D eigenvalue weighted by atomic mass is 10.2. The van der Waals surface area contributed by atoms with Gasteiger partial charge in [-0.25, -0.2) is 14.4 Å². The zero-order chi connectivity index (χ0) is 14.1. The summed E-state index contributed by atoms with van der Waals surface area (Å²) in [5.41, 5.74) is 2.52. The predicted molar refractivity (Wildman–Crippen MR) is 79.7 cm³/mol. The highest BCUT2D eigenvalue weighted by atomic mass is 79.9. The van der Waals surface area contributed by atoms with Gasteiger partial charge < -0.3 is 5.32 Å². The molecule has 0 atom stereocenters. The van der Waals surface area contributed by atoms with Crippen LogP contribution in [0.3, 0.4) is 0 Å². The Bertz CT molecular complexity index is 621. The number of aryl methyl sites for hydroxylation is 1. The van der Waals surface area contributed by atoms with Crippen molar-refractivity contribution in [3.8, 4) is 11.4 Å². The lowest BCUT2D eigenvalue weighted by Gasteiger charge is -2.07. The lowest BCUT2D eigenvalue weighted by Crippen LogP contribution is -2.16. The van der Waals surface area contributed by atoms with E-state index in [1.165, 1.54) is 25.0 Å². The van der Waals surface area contributed by atoms with Gasteiger partial charge in [-0.15, -0.1) is 0 Å². The molecule has 1 heterocycles. The molecule has 1 aliphatic rings. The minimum Gasteiger partial charge on any atom is -0.308 e. The maximum Gasteiger partial charge on any atom is 0.159 e. The first-order valence-corrected chi connectivity index (χ1v) is 7.44. The molecule has 2 aromatic rings. The molecule has 0 saturated heterocycles. The number of aromatic nitrogens is 2. The van der Waals surface area contributed by atoms with Gasteiger partial charge in [-0.2, -0.15) is 0 Å². The number of hydrogen-bond acceptors (Lipinski definition) is 3. The molecular formula is C15H15BrFN3. The van der Waals surface area contributed by atoms with E-state index >= 15 is 0 Å². The summed E-state index contributed by atoms with van der Waals surface area (Å²) < 4.78 is 14.2. The van der Waals surface area contributed by atoms with E-state index in [0.717, 1.165) is 17.9 Å². The van der Waals surface area contributed by atoms with Crippen LogP contribution < -0.4 is 5.32 Å². The number of halogens is 2. The van der Waals surface area contributed by atoms with E-state index < -0.39 is 0 Å². The molecule has 0 unspecified atom stereocenters. The van der Waals surface area contributed by atoms with Crippen molar-refractivity contribution >= 4 is 15.9 Å². The maximum atomic E-state index is 13.5. The Kier molecular flexibility index (Phi) is 3.81. The summed E-state index contributed by atoms with van der Waals surface area (Å²) in [5, 5.41) is 3.43. The average molecular weight is 336 g/mol. The fourth-order valence-electron chi connectivity index (χ4n) is 2.07. The van der Waals surface area contributed by atoms with Crippen LogP contribution in [0.25, 0.3) is 11.4 Å². The fourth-order valence-corrected chi connectivity index (χ4v) is 2.54. The van der Waals surface area contributed by atoms with Crippen LogP contribution in [-0.2, 0) is 6.54 Å². The molecule has 3 rings (SSSR count). The molecule has 0 spiro atoms. The van der Waals surface area contributed by atoms with Crippen LogP contribution in [0.4, 0.5) is 4.39 Å². The first-order chi connectivity index (χ1) is 9.60. The van der Waals surface area contributed by atoms with Gasteiger partial charge in [0.2, 0.25) is 0 Å². The van der Waals surface area contributed by atoms with Gasteiger partial charge in [-0.3, -0.25) is 0 Å². The van der Waals surface area contributed by atoms with Crippen molar-refractivity contribution < 1.29 is 4.39 Å². The lowest BCUT2D eigenvalue weighted by molar-refractivity contribution is 0.627. The van der Waals surface area contributed by atoms with E-state index in [9.17, 15) is 4.39 Å². The minimum atomic E-state index is -0.294. The topological polar surface area (TPSA) is 37.8 Å². The standard InChI is InChI=1S/C15H15BrFN3/c1-9-4-14(8-18-13-2-3-13)20-15(19-9)10-5-11(16)7-12(17)6-10/h4-7,13,18H,2-3,8H2,1H3. The summed E-state index contributed by atoms with van der Waals surface area (Å²) in [4.78, 5) is 8.93. The number of benzene rings is 1. The smallest absolute Gasteiger partial charge is 0.159 e. The summed E-state index contributed by atoms with van der Waals surface area (Å²) in [5.74, 6) is 0.273. The molecule has 1 saturated carbocycles. The van der Waals surface area contributed by atoms with Gasteiger partial charge in [0.1, 0.15) is 5.82 Å². The van der Waals surface area contributed by atoms with Crippen LogP contribution in [0.2, 0.25) is 0 Å². The van der Waals surface area contributed by atoms with E-state index in [4.69, 9.17) is 0 Å². The van der Waals surface area contributed by atoms with Crippen LogP contribution in [0.5, 0.6) is 0 Å². The Morgan fingerprint density at radius 3 is 2.75 bits per heavy atom. The van der Waals surface area contributed by atoms with Crippen molar-refractivity contribution in [2.75, 3.05) is 0 Å². The van der Waals surface area contributed by atoms with Gasteiger partial charge in [0.15, 0.2) is 5.82 Å². The number of rotatable bonds is 4. The zero-order valence-corrected chi connectivity index (χ0v) is 12.7. The van der Waals surface area contributed by atoms with Gasteiger partial charge in [0.05, 0.1) is 5.69 Å². The second-order valence-corrected chi connectivity index (χ2v) is 6.05. The van der Waals surface area contributed by atoms with Crippen LogP contribution in [0, 0.1) is 12.7 Å². The first-order valence-electron chi connectivity index (χ1n) is 6.64. The van der Waals surface area contributed by atoms with Crippen LogP contribution >= 0.6 is 15.9 Å². The highest BCUT2D eigenvalue weighted by Gasteiger charge is 2.20.